The summed E-state index contributed by atoms with van der Waals surface area (Å²) in [5.41, 5.74) is 7.05. The number of hydrogen-bond donors (Lipinski definition) is 2. The molecule has 0 aliphatic carbocycles. The van der Waals surface area contributed by atoms with Crippen LogP contribution >= 0.6 is 11.6 Å². The number of carbonyl (C=O) groups excluding carboxylic acids is 3. The number of benzene rings is 2. The average Bonchev–Trinajstić information content (AvgIpc) is 3.07. The Morgan fingerprint density at radius 3 is 2.56 bits per heavy atom. The van der Waals surface area contributed by atoms with Crippen LogP contribution in [0.2, 0.25) is 5.02 Å². The summed E-state index contributed by atoms with van der Waals surface area (Å²) in [5, 5.41) is 0.431. The zero-order valence-electron chi connectivity index (χ0n) is 14.9. The molecular weight excluding hydrogens is 366 g/mol. The van der Waals surface area contributed by atoms with Crippen molar-refractivity contribution in [1.29, 1.82) is 0 Å². The summed E-state index contributed by atoms with van der Waals surface area (Å²) in [7, 11) is 0. The molecule has 0 bridgehead atoms. The van der Waals surface area contributed by atoms with Crippen molar-refractivity contribution in [3.63, 3.8) is 0 Å². The van der Waals surface area contributed by atoms with Gasteiger partial charge in [0.05, 0.1) is 5.92 Å². The summed E-state index contributed by atoms with van der Waals surface area (Å²) in [6.45, 7) is 2.34. The highest BCUT2D eigenvalue weighted by Crippen LogP contribution is 2.25. The lowest BCUT2D eigenvalue weighted by Crippen LogP contribution is -2.45. The number of halogens is 1. The zero-order chi connectivity index (χ0) is 19.4. The minimum Gasteiger partial charge on any atom is -0.312 e. The minimum atomic E-state index is -0.525. The van der Waals surface area contributed by atoms with Crippen molar-refractivity contribution in [2.24, 2.45) is 5.92 Å². The van der Waals surface area contributed by atoms with Crippen LogP contribution in [0.4, 0.5) is 5.69 Å². The second kappa shape index (κ2) is 8.22. The van der Waals surface area contributed by atoms with Crippen LogP contribution in [-0.4, -0.2) is 24.3 Å². The van der Waals surface area contributed by atoms with E-state index in [0.29, 0.717) is 10.6 Å². The van der Waals surface area contributed by atoms with Gasteiger partial charge in [-0.1, -0.05) is 36.7 Å². The fourth-order valence-corrected chi connectivity index (χ4v) is 3.16. The van der Waals surface area contributed by atoms with E-state index in [1.165, 1.54) is 11.6 Å². The van der Waals surface area contributed by atoms with Crippen LogP contribution in [0.5, 0.6) is 0 Å². The van der Waals surface area contributed by atoms with E-state index in [-0.39, 0.29) is 18.9 Å². The van der Waals surface area contributed by atoms with E-state index < -0.39 is 17.7 Å². The third kappa shape index (κ3) is 4.46. The predicted octanol–water partition coefficient (Wildman–Crippen LogP) is 2.72. The molecule has 2 aromatic carbocycles. The molecule has 1 aliphatic heterocycles. The number of anilines is 1. The van der Waals surface area contributed by atoms with Gasteiger partial charge in [0.15, 0.2) is 0 Å². The van der Waals surface area contributed by atoms with E-state index in [9.17, 15) is 14.4 Å². The van der Waals surface area contributed by atoms with E-state index >= 15 is 0 Å². The summed E-state index contributed by atoms with van der Waals surface area (Å²) in [6.07, 6.45) is 1.03. The molecular formula is C20H20ClN3O3. The van der Waals surface area contributed by atoms with Crippen LogP contribution < -0.4 is 15.8 Å². The van der Waals surface area contributed by atoms with Crippen molar-refractivity contribution >= 4 is 35.0 Å². The lowest BCUT2D eigenvalue weighted by atomic mass is 10.1. The van der Waals surface area contributed by atoms with E-state index in [2.05, 4.69) is 17.8 Å². The Hall–Kier alpha value is -2.86. The molecule has 0 aromatic heterocycles. The van der Waals surface area contributed by atoms with Gasteiger partial charge in [0.1, 0.15) is 0 Å². The molecule has 3 rings (SSSR count). The van der Waals surface area contributed by atoms with E-state index in [1.807, 2.05) is 24.3 Å². The monoisotopic (exact) mass is 385 g/mol. The zero-order valence-corrected chi connectivity index (χ0v) is 15.6. The van der Waals surface area contributed by atoms with Crippen LogP contribution in [-0.2, 0) is 16.0 Å². The van der Waals surface area contributed by atoms with Crippen LogP contribution in [0.25, 0.3) is 0 Å². The molecule has 2 aromatic rings. The van der Waals surface area contributed by atoms with Gasteiger partial charge in [0.25, 0.3) is 5.91 Å². The van der Waals surface area contributed by atoms with Crippen LogP contribution in [0.1, 0.15) is 29.3 Å². The minimum absolute atomic E-state index is 0.106. The second-order valence-corrected chi connectivity index (χ2v) is 6.82. The SMILES string of the molecule is CCc1ccc(N2C[C@@H](C(=O)NNC(=O)c3cccc(Cl)c3)CC2=O)cc1. The smallest absolute Gasteiger partial charge is 0.269 e. The normalized spacial score (nSPS) is 16.3. The molecule has 1 saturated heterocycles. The quantitative estimate of drug-likeness (QED) is 0.794. The van der Waals surface area contributed by atoms with Crippen LogP contribution in [0, 0.1) is 5.92 Å². The molecule has 1 aliphatic rings. The van der Waals surface area contributed by atoms with Crippen molar-refractivity contribution in [3.05, 3.63) is 64.7 Å². The number of nitrogens with zero attached hydrogens (tertiary/aromatic N) is 1. The van der Waals surface area contributed by atoms with E-state index in [1.54, 1.807) is 23.1 Å². The summed E-state index contributed by atoms with van der Waals surface area (Å²) in [4.78, 5) is 38.3. The molecule has 0 saturated carbocycles. The first kappa shape index (κ1) is 18.9. The number of amides is 3. The summed E-state index contributed by atoms with van der Waals surface area (Å²) < 4.78 is 0. The average molecular weight is 386 g/mol. The lowest BCUT2D eigenvalue weighted by molar-refractivity contribution is -0.126. The van der Waals surface area contributed by atoms with Gasteiger partial charge in [-0.3, -0.25) is 25.2 Å². The maximum atomic E-state index is 12.3. The lowest BCUT2D eigenvalue weighted by Gasteiger charge is -2.17. The van der Waals surface area contributed by atoms with Gasteiger partial charge in [0.2, 0.25) is 11.8 Å². The summed E-state index contributed by atoms with van der Waals surface area (Å²) in [5.74, 6) is -1.50. The maximum absolute atomic E-state index is 12.3. The van der Waals surface area contributed by atoms with Crippen molar-refractivity contribution in [2.45, 2.75) is 19.8 Å². The number of aryl methyl sites for hydroxylation is 1. The largest absolute Gasteiger partial charge is 0.312 e. The molecule has 2 N–H and O–H groups in total. The molecule has 27 heavy (non-hydrogen) atoms. The standard InChI is InChI=1S/C20H20ClN3O3/c1-2-13-6-8-17(9-7-13)24-12-15(11-18(24)25)20(27)23-22-19(26)14-4-3-5-16(21)10-14/h3-10,15H,2,11-12H2,1H3,(H,22,26)(H,23,27)/t15-/m0/s1. The van der Waals surface area contributed by atoms with Gasteiger partial charge in [0, 0.05) is 29.2 Å². The van der Waals surface area contributed by atoms with E-state index in [0.717, 1.165) is 12.1 Å². The Kier molecular flexibility index (Phi) is 5.76. The Bertz CT molecular complexity index is 867. The Labute approximate surface area is 162 Å². The summed E-state index contributed by atoms with van der Waals surface area (Å²) >= 11 is 5.85. The molecule has 3 amide bonds. The van der Waals surface area contributed by atoms with Gasteiger partial charge >= 0.3 is 0 Å². The Morgan fingerprint density at radius 1 is 1.15 bits per heavy atom. The van der Waals surface area contributed by atoms with Crippen molar-refractivity contribution < 1.29 is 14.4 Å². The first-order valence-electron chi connectivity index (χ1n) is 8.73. The Balaban J connectivity index is 1.57. The number of carbonyl (C=O) groups is 3. The number of rotatable bonds is 4. The highest BCUT2D eigenvalue weighted by molar-refractivity contribution is 6.30. The maximum Gasteiger partial charge on any atom is 0.269 e. The fourth-order valence-electron chi connectivity index (χ4n) is 2.97. The fraction of sp³-hybridized carbons (Fsp3) is 0.250. The highest BCUT2D eigenvalue weighted by atomic mass is 35.5. The molecule has 0 radical (unpaired) electrons. The summed E-state index contributed by atoms with van der Waals surface area (Å²) in [6, 6.07) is 14.1. The van der Waals surface area contributed by atoms with Gasteiger partial charge in [-0.2, -0.15) is 0 Å². The second-order valence-electron chi connectivity index (χ2n) is 6.38. The molecule has 0 unspecified atom stereocenters. The van der Waals surface area contributed by atoms with Gasteiger partial charge < -0.3 is 4.90 Å². The third-order valence-electron chi connectivity index (χ3n) is 4.54. The van der Waals surface area contributed by atoms with Crippen LogP contribution in [0.15, 0.2) is 48.5 Å². The van der Waals surface area contributed by atoms with Crippen molar-refractivity contribution in [3.8, 4) is 0 Å². The van der Waals surface area contributed by atoms with Gasteiger partial charge in [-0.25, -0.2) is 0 Å². The molecule has 1 atom stereocenters. The van der Waals surface area contributed by atoms with Crippen molar-refractivity contribution in [1.82, 2.24) is 10.9 Å². The molecule has 1 fully saturated rings. The van der Waals surface area contributed by atoms with E-state index in [4.69, 9.17) is 11.6 Å². The molecule has 0 spiro atoms. The first-order chi connectivity index (χ1) is 13.0. The molecule has 140 valence electrons. The topological polar surface area (TPSA) is 78.5 Å². The third-order valence-corrected chi connectivity index (χ3v) is 4.77. The van der Waals surface area contributed by atoms with Gasteiger partial charge in [-0.15, -0.1) is 0 Å². The molecule has 7 heteroatoms. The molecule has 6 nitrogen and oxygen atoms in total. The predicted molar refractivity (Wildman–Crippen MR) is 103 cm³/mol. The number of hydrogen-bond acceptors (Lipinski definition) is 3. The highest BCUT2D eigenvalue weighted by Gasteiger charge is 2.35. The number of nitrogens with one attached hydrogen (secondary N) is 2. The molecule has 1 heterocycles. The first-order valence-corrected chi connectivity index (χ1v) is 9.10. The Morgan fingerprint density at radius 2 is 1.89 bits per heavy atom. The van der Waals surface area contributed by atoms with Crippen LogP contribution in [0.3, 0.4) is 0 Å². The van der Waals surface area contributed by atoms with Gasteiger partial charge in [-0.05, 0) is 42.3 Å². The number of hydrazine groups is 1. The van der Waals surface area contributed by atoms with Crippen molar-refractivity contribution in [2.75, 3.05) is 11.4 Å².